The van der Waals surface area contributed by atoms with Crippen LogP contribution in [-0.2, 0) is 24.2 Å². The number of hydrogen-bond donors (Lipinski definition) is 1. The first-order valence-electron chi connectivity index (χ1n) is 9.06. The summed E-state index contributed by atoms with van der Waals surface area (Å²) in [5.74, 6) is 0.504. The van der Waals surface area contributed by atoms with E-state index in [0.29, 0.717) is 18.8 Å². The van der Waals surface area contributed by atoms with Crippen LogP contribution in [0.4, 0.5) is 0 Å². The van der Waals surface area contributed by atoms with Gasteiger partial charge < -0.3 is 10.1 Å². The lowest BCUT2D eigenvalue weighted by Gasteiger charge is -2.17. The van der Waals surface area contributed by atoms with Crippen molar-refractivity contribution in [2.75, 3.05) is 6.54 Å². The number of carbonyl (C=O) groups excluding carboxylic acids is 1. The molecule has 0 spiro atoms. The monoisotopic (exact) mass is 355 g/mol. The molecule has 1 aliphatic rings. The van der Waals surface area contributed by atoms with Crippen LogP contribution in [0.2, 0.25) is 0 Å². The molecule has 3 rings (SSSR count). The molecule has 6 nitrogen and oxygen atoms in total. The van der Waals surface area contributed by atoms with Crippen molar-refractivity contribution in [2.24, 2.45) is 0 Å². The van der Waals surface area contributed by atoms with E-state index < -0.39 is 6.10 Å². The van der Waals surface area contributed by atoms with E-state index in [0.717, 1.165) is 41.6 Å². The van der Waals surface area contributed by atoms with Gasteiger partial charge in [0.15, 0.2) is 6.10 Å². The highest BCUT2D eigenvalue weighted by Gasteiger charge is 2.17. The molecule has 1 amide bonds. The van der Waals surface area contributed by atoms with Crippen molar-refractivity contribution < 1.29 is 9.53 Å². The number of aromatic nitrogens is 2. The quantitative estimate of drug-likeness (QED) is 0.859. The molecule has 1 unspecified atom stereocenters. The Morgan fingerprint density at radius 1 is 1.35 bits per heavy atom. The van der Waals surface area contributed by atoms with Gasteiger partial charge in [-0.3, -0.25) is 9.59 Å². The number of rotatable bonds is 6. The van der Waals surface area contributed by atoms with Gasteiger partial charge in [0.05, 0.1) is 12.2 Å². The molecule has 26 heavy (non-hydrogen) atoms. The van der Waals surface area contributed by atoms with Gasteiger partial charge in [0.25, 0.3) is 11.5 Å². The summed E-state index contributed by atoms with van der Waals surface area (Å²) in [6.45, 7) is 6.39. The average Bonchev–Trinajstić information content (AvgIpc) is 3.06. The normalized spacial score (nSPS) is 14.0. The van der Waals surface area contributed by atoms with Crippen LogP contribution in [0.25, 0.3) is 0 Å². The lowest BCUT2D eigenvalue weighted by Crippen LogP contribution is -2.39. The van der Waals surface area contributed by atoms with E-state index in [1.54, 1.807) is 13.0 Å². The van der Waals surface area contributed by atoms with Crippen molar-refractivity contribution in [3.05, 3.63) is 57.0 Å². The molecule has 1 aromatic carbocycles. The third-order valence-corrected chi connectivity index (χ3v) is 4.87. The van der Waals surface area contributed by atoms with E-state index in [4.69, 9.17) is 4.74 Å². The molecule has 2 aromatic rings. The van der Waals surface area contributed by atoms with Gasteiger partial charge in [0, 0.05) is 12.6 Å². The fraction of sp³-hybridized carbons (Fsp3) is 0.450. The van der Waals surface area contributed by atoms with E-state index in [1.165, 1.54) is 4.68 Å². The number of nitrogens with zero attached hydrogens (tertiary/aromatic N) is 2. The summed E-state index contributed by atoms with van der Waals surface area (Å²) in [5.41, 5.74) is 4.10. The highest BCUT2D eigenvalue weighted by molar-refractivity contribution is 5.80. The van der Waals surface area contributed by atoms with Crippen molar-refractivity contribution in [1.29, 1.82) is 0 Å². The molecule has 1 atom stereocenters. The topological polar surface area (TPSA) is 73.2 Å². The Labute approximate surface area is 153 Å². The summed E-state index contributed by atoms with van der Waals surface area (Å²) >= 11 is 0. The van der Waals surface area contributed by atoms with E-state index in [1.807, 2.05) is 32.0 Å². The van der Waals surface area contributed by atoms with Crippen LogP contribution in [0.5, 0.6) is 5.75 Å². The molecule has 0 radical (unpaired) electrons. The van der Waals surface area contributed by atoms with Crippen molar-refractivity contribution >= 4 is 5.91 Å². The predicted octanol–water partition coefficient (Wildman–Crippen LogP) is 1.93. The van der Waals surface area contributed by atoms with Crippen molar-refractivity contribution in [3.8, 4) is 5.75 Å². The summed E-state index contributed by atoms with van der Waals surface area (Å²) in [7, 11) is 0. The Bertz CT molecular complexity index is 873. The molecular formula is C20H25N3O3. The second-order valence-corrected chi connectivity index (χ2v) is 6.78. The summed E-state index contributed by atoms with van der Waals surface area (Å²) < 4.78 is 7.21. The van der Waals surface area contributed by atoms with Crippen LogP contribution in [0.15, 0.2) is 29.1 Å². The third kappa shape index (κ3) is 3.95. The number of aryl methyl sites for hydroxylation is 3. The molecular weight excluding hydrogens is 330 g/mol. The maximum atomic E-state index is 12.3. The summed E-state index contributed by atoms with van der Waals surface area (Å²) in [4.78, 5) is 24.3. The minimum Gasteiger partial charge on any atom is -0.481 e. The number of amides is 1. The Morgan fingerprint density at radius 2 is 2.15 bits per heavy atom. The first-order valence-corrected chi connectivity index (χ1v) is 9.06. The molecule has 1 aliphatic carbocycles. The smallest absolute Gasteiger partial charge is 0.267 e. The van der Waals surface area contributed by atoms with Gasteiger partial charge >= 0.3 is 0 Å². The van der Waals surface area contributed by atoms with E-state index in [2.05, 4.69) is 10.4 Å². The molecule has 0 saturated heterocycles. The number of fused-ring (bicyclic) bond motifs is 1. The van der Waals surface area contributed by atoms with Gasteiger partial charge in [-0.05, 0) is 62.8 Å². The fourth-order valence-electron chi connectivity index (χ4n) is 3.12. The SMILES string of the molecule is Cc1cccc(OC(C)C(=O)NCCn2nc3c(cc2=O)CCC3)c1C. The first-order chi connectivity index (χ1) is 12.5. The van der Waals surface area contributed by atoms with Crippen LogP contribution in [-0.4, -0.2) is 28.3 Å². The molecule has 0 bridgehead atoms. The summed E-state index contributed by atoms with van der Waals surface area (Å²) in [6.07, 6.45) is 2.29. The van der Waals surface area contributed by atoms with Gasteiger partial charge in [-0.1, -0.05) is 12.1 Å². The zero-order valence-corrected chi connectivity index (χ0v) is 15.5. The van der Waals surface area contributed by atoms with Gasteiger partial charge in [0.1, 0.15) is 5.75 Å². The Hall–Kier alpha value is -2.63. The second-order valence-electron chi connectivity index (χ2n) is 6.78. The summed E-state index contributed by atoms with van der Waals surface area (Å²) in [5, 5.41) is 7.22. The minimum atomic E-state index is -0.611. The lowest BCUT2D eigenvalue weighted by atomic mass is 10.1. The average molecular weight is 355 g/mol. The van der Waals surface area contributed by atoms with Crippen molar-refractivity contribution in [1.82, 2.24) is 15.1 Å². The van der Waals surface area contributed by atoms with Crippen LogP contribution in [0.1, 0.15) is 35.7 Å². The molecule has 1 N–H and O–H groups in total. The Kier molecular flexibility index (Phi) is 5.40. The van der Waals surface area contributed by atoms with E-state index in [-0.39, 0.29) is 11.5 Å². The van der Waals surface area contributed by atoms with E-state index >= 15 is 0 Å². The van der Waals surface area contributed by atoms with Crippen molar-refractivity contribution in [3.63, 3.8) is 0 Å². The third-order valence-electron chi connectivity index (χ3n) is 4.87. The second kappa shape index (κ2) is 7.72. The summed E-state index contributed by atoms with van der Waals surface area (Å²) in [6, 6.07) is 7.45. The number of nitrogens with one attached hydrogen (secondary N) is 1. The minimum absolute atomic E-state index is 0.111. The lowest BCUT2D eigenvalue weighted by molar-refractivity contribution is -0.127. The molecule has 0 aliphatic heterocycles. The molecule has 0 fully saturated rings. The molecule has 0 saturated carbocycles. The Morgan fingerprint density at radius 3 is 2.96 bits per heavy atom. The van der Waals surface area contributed by atoms with Gasteiger partial charge in [-0.2, -0.15) is 5.10 Å². The zero-order chi connectivity index (χ0) is 18.7. The Balaban J connectivity index is 1.54. The standard InChI is InChI=1S/C20H25N3O3/c1-13-6-4-9-18(14(13)2)26-15(3)20(25)21-10-11-23-19(24)12-16-7-5-8-17(16)22-23/h4,6,9,12,15H,5,7-8,10-11H2,1-3H3,(H,21,25). The highest BCUT2D eigenvalue weighted by atomic mass is 16.5. The van der Waals surface area contributed by atoms with Crippen LogP contribution >= 0.6 is 0 Å². The predicted molar refractivity (Wildman–Crippen MR) is 99.5 cm³/mol. The largest absolute Gasteiger partial charge is 0.481 e. The van der Waals surface area contributed by atoms with E-state index in [9.17, 15) is 9.59 Å². The first kappa shape index (κ1) is 18.2. The highest BCUT2D eigenvalue weighted by Crippen LogP contribution is 2.21. The number of benzene rings is 1. The maximum Gasteiger partial charge on any atom is 0.267 e. The van der Waals surface area contributed by atoms with Gasteiger partial charge in [-0.25, -0.2) is 4.68 Å². The zero-order valence-electron chi connectivity index (χ0n) is 15.5. The van der Waals surface area contributed by atoms with Crippen LogP contribution in [0.3, 0.4) is 0 Å². The van der Waals surface area contributed by atoms with Crippen molar-refractivity contribution in [2.45, 2.75) is 52.7 Å². The fourth-order valence-corrected chi connectivity index (χ4v) is 3.12. The molecule has 6 heteroatoms. The number of ether oxygens (including phenoxy) is 1. The van der Waals surface area contributed by atoms with Gasteiger partial charge in [-0.15, -0.1) is 0 Å². The molecule has 1 heterocycles. The number of hydrogen-bond acceptors (Lipinski definition) is 4. The number of carbonyl (C=O) groups is 1. The van der Waals surface area contributed by atoms with Gasteiger partial charge in [0.2, 0.25) is 0 Å². The van der Waals surface area contributed by atoms with Crippen LogP contribution in [0, 0.1) is 13.8 Å². The molecule has 138 valence electrons. The van der Waals surface area contributed by atoms with Crippen LogP contribution < -0.4 is 15.6 Å². The molecule has 1 aromatic heterocycles. The maximum absolute atomic E-state index is 12.3.